The smallest absolute Gasteiger partial charge is 0.322 e. The van der Waals surface area contributed by atoms with E-state index in [1.54, 1.807) is 0 Å². The van der Waals surface area contributed by atoms with E-state index in [0.717, 1.165) is 0 Å². The molecule has 0 fully saturated rings. The zero-order valence-electron chi connectivity index (χ0n) is 14.7. The van der Waals surface area contributed by atoms with Crippen molar-refractivity contribution in [3.63, 3.8) is 0 Å². The van der Waals surface area contributed by atoms with Gasteiger partial charge in [-0.1, -0.05) is 42.5 Å². The second kappa shape index (κ2) is 7.45. The molecule has 0 spiro atoms. The minimum Gasteiger partial charge on any atom is -0.333 e. The largest absolute Gasteiger partial charge is 0.333 e. The van der Waals surface area contributed by atoms with Gasteiger partial charge in [0.05, 0.1) is 0 Å². The number of benzene rings is 2. The van der Waals surface area contributed by atoms with Gasteiger partial charge < -0.3 is 10.6 Å². The van der Waals surface area contributed by atoms with Crippen molar-refractivity contribution in [3.8, 4) is 0 Å². The van der Waals surface area contributed by atoms with Crippen LogP contribution in [-0.4, -0.2) is 24.0 Å². The van der Waals surface area contributed by atoms with Gasteiger partial charge in [-0.05, 0) is 38.5 Å². The summed E-state index contributed by atoms with van der Waals surface area (Å²) in [6.45, 7) is 7.86. The highest BCUT2D eigenvalue weighted by molar-refractivity contribution is 5.95. The van der Waals surface area contributed by atoms with E-state index in [1.807, 2.05) is 44.3 Å². The van der Waals surface area contributed by atoms with Gasteiger partial charge in [0, 0.05) is 11.1 Å². The van der Waals surface area contributed by atoms with Crippen molar-refractivity contribution in [1.82, 2.24) is 10.6 Å². The molecule has 2 aromatic carbocycles. The molecule has 4 N–H and O–H groups in total. The molecule has 5 nitrogen and oxygen atoms in total. The molecule has 2 rings (SSSR count). The highest BCUT2D eigenvalue weighted by Crippen LogP contribution is 2.21. The maximum absolute atomic E-state index is 11.9. The lowest BCUT2D eigenvalue weighted by Crippen LogP contribution is -2.87. The van der Waals surface area contributed by atoms with Crippen LogP contribution in [0.1, 0.15) is 39.3 Å². The number of urea groups is 1. The minimum atomic E-state index is -0.460. The van der Waals surface area contributed by atoms with E-state index < -0.39 is 6.03 Å². The number of hydrogen-bond acceptors (Lipinski definition) is 2. The van der Waals surface area contributed by atoms with E-state index in [0.29, 0.717) is 0 Å². The maximum Gasteiger partial charge on any atom is 0.322 e. The first-order valence-corrected chi connectivity index (χ1v) is 8.19. The van der Waals surface area contributed by atoms with Gasteiger partial charge >= 0.3 is 6.03 Å². The summed E-state index contributed by atoms with van der Waals surface area (Å²) < 4.78 is 0. The molecule has 0 bridgehead atoms. The number of nitrogens with one attached hydrogen (secondary N) is 2. The molecule has 0 saturated heterocycles. The fourth-order valence-electron chi connectivity index (χ4n) is 2.61. The Bertz CT molecular complexity index is 729. The van der Waals surface area contributed by atoms with Crippen molar-refractivity contribution in [2.45, 2.75) is 39.3 Å². The van der Waals surface area contributed by atoms with Crippen molar-refractivity contribution < 1.29 is 14.9 Å². The Labute approximate surface area is 142 Å². The monoisotopic (exact) mass is 328 g/mol. The zero-order valence-corrected chi connectivity index (χ0v) is 14.7. The lowest BCUT2D eigenvalue weighted by molar-refractivity contribution is -0.682. The van der Waals surface area contributed by atoms with Crippen LogP contribution in [-0.2, 0) is 4.79 Å². The fraction of sp³-hybridized carbons (Fsp3) is 0.368. The summed E-state index contributed by atoms with van der Waals surface area (Å²) in [5.74, 6) is -0.302. The topological polar surface area (TPSA) is 74.8 Å². The van der Waals surface area contributed by atoms with E-state index in [-0.39, 0.29) is 24.0 Å². The van der Waals surface area contributed by atoms with Crippen LogP contribution in [0.25, 0.3) is 10.8 Å². The standard InChI is InChI=1S/C19H25N3O2/c1-13(15-11-7-9-14-8-5-6-10-16(14)15)20-12-17(23)21-18(24)22-19(2,3)4/h5-11,13,20H,12H2,1-4H3,(H2,21,22,23,24)/p+1/t13-/m1/s1. The molecule has 1 atom stereocenters. The van der Waals surface area contributed by atoms with E-state index in [4.69, 9.17) is 0 Å². The lowest BCUT2D eigenvalue weighted by Gasteiger charge is -2.20. The number of rotatable bonds is 4. The number of quaternary nitrogens is 1. The molecule has 0 unspecified atom stereocenters. The first-order chi connectivity index (χ1) is 11.3. The normalized spacial score (nSPS) is 12.7. The first kappa shape index (κ1) is 17.9. The van der Waals surface area contributed by atoms with Crippen LogP contribution in [0.4, 0.5) is 4.79 Å². The quantitative estimate of drug-likeness (QED) is 0.804. The number of imide groups is 1. The molecule has 0 radical (unpaired) electrons. The van der Waals surface area contributed by atoms with Crippen molar-refractivity contribution in [3.05, 3.63) is 48.0 Å². The molecule has 0 aliphatic heterocycles. The van der Waals surface area contributed by atoms with Crippen molar-refractivity contribution in [2.75, 3.05) is 6.54 Å². The molecule has 2 aromatic rings. The maximum atomic E-state index is 11.9. The van der Waals surface area contributed by atoms with Crippen molar-refractivity contribution >= 4 is 22.7 Å². The molecule has 0 aromatic heterocycles. The number of hydrogen-bond donors (Lipinski definition) is 3. The van der Waals surface area contributed by atoms with Gasteiger partial charge in [0.1, 0.15) is 6.04 Å². The second-order valence-electron chi connectivity index (χ2n) is 7.05. The highest BCUT2D eigenvalue weighted by Gasteiger charge is 2.18. The Hall–Kier alpha value is -2.40. The third-order valence-electron chi connectivity index (χ3n) is 3.71. The molecule has 3 amide bonds. The van der Waals surface area contributed by atoms with Gasteiger partial charge in [0.15, 0.2) is 6.54 Å². The summed E-state index contributed by atoms with van der Waals surface area (Å²) in [6, 6.07) is 14.0. The summed E-state index contributed by atoms with van der Waals surface area (Å²) in [4.78, 5) is 23.6. The number of nitrogens with two attached hydrogens (primary N) is 1. The van der Waals surface area contributed by atoms with Gasteiger partial charge in [-0.3, -0.25) is 10.1 Å². The Kier molecular flexibility index (Phi) is 5.57. The van der Waals surface area contributed by atoms with Gasteiger partial charge in [0.2, 0.25) is 0 Å². The van der Waals surface area contributed by atoms with Gasteiger partial charge in [0.25, 0.3) is 5.91 Å². The Morgan fingerprint density at radius 2 is 1.75 bits per heavy atom. The number of carbonyl (C=O) groups is 2. The minimum absolute atomic E-state index is 0.118. The van der Waals surface area contributed by atoms with E-state index in [9.17, 15) is 9.59 Å². The van der Waals surface area contributed by atoms with E-state index in [2.05, 4.69) is 41.8 Å². The molecule has 0 heterocycles. The Balaban J connectivity index is 1.94. The van der Waals surface area contributed by atoms with Crippen LogP contribution < -0.4 is 16.0 Å². The van der Waals surface area contributed by atoms with Crippen LogP contribution in [0.2, 0.25) is 0 Å². The number of fused-ring (bicyclic) bond motifs is 1. The van der Waals surface area contributed by atoms with Gasteiger partial charge in [-0.15, -0.1) is 0 Å². The average Bonchev–Trinajstić information content (AvgIpc) is 2.50. The molecule has 0 aliphatic carbocycles. The van der Waals surface area contributed by atoms with Gasteiger partial charge in [-0.25, -0.2) is 4.79 Å². The van der Waals surface area contributed by atoms with E-state index in [1.165, 1.54) is 16.3 Å². The molecular weight excluding hydrogens is 302 g/mol. The average molecular weight is 328 g/mol. The van der Waals surface area contributed by atoms with Crippen molar-refractivity contribution in [1.29, 1.82) is 0 Å². The molecule has 24 heavy (non-hydrogen) atoms. The van der Waals surface area contributed by atoms with Crippen LogP contribution in [0, 0.1) is 0 Å². The molecule has 5 heteroatoms. The van der Waals surface area contributed by atoms with E-state index >= 15 is 0 Å². The third kappa shape index (κ3) is 5.06. The number of carbonyl (C=O) groups excluding carboxylic acids is 2. The summed E-state index contributed by atoms with van der Waals surface area (Å²) in [5, 5.41) is 9.38. The Morgan fingerprint density at radius 1 is 1.08 bits per heavy atom. The van der Waals surface area contributed by atoms with Crippen LogP contribution in [0.15, 0.2) is 42.5 Å². The van der Waals surface area contributed by atoms with Crippen LogP contribution in [0.5, 0.6) is 0 Å². The number of amides is 3. The fourth-order valence-corrected chi connectivity index (χ4v) is 2.61. The molecular formula is C19H26N3O2+. The van der Waals surface area contributed by atoms with Gasteiger partial charge in [-0.2, -0.15) is 0 Å². The molecule has 0 aliphatic rings. The van der Waals surface area contributed by atoms with Crippen LogP contribution >= 0.6 is 0 Å². The van der Waals surface area contributed by atoms with Crippen LogP contribution in [0.3, 0.4) is 0 Å². The second-order valence-corrected chi connectivity index (χ2v) is 7.05. The predicted molar refractivity (Wildman–Crippen MR) is 95.6 cm³/mol. The first-order valence-electron chi connectivity index (χ1n) is 8.19. The lowest BCUT2D eigenvalue weighted by atomic mass is 10.00. The molecule has 0 saturated carbocycles. The summed E-state index contributed by atoms with van der Waals surface area (Å²) in [7, 11) is 0. The third-order valence-corrected chi connectivity index (χ3v) is 3.71. The SMILES string of the molecule is C[C@@H]([NH2+]CC(=O)NC(=O)NC(C)(C)C)c1cccc2ccccc12. The predicted octanol–water partition coefficient (Wildman–Crippen LogP) is 2.09. The van der Waals surface area contributed by atoms with Crippen molar-refractivity contribution in [2.24, 2.45) is 0 Å². The summed E-state index contributed by atoms with van der Waals surface area (Å²) in [6.07, 6.45) is 0. The summed E-state index contributed by atoms with van der Waals surface area (Å²) >= 11 is 0. The Morgan fingerprint density at radius 3 is 2.46 bits per heavy atom. The molecule has 128 valence electrons. The zero-order chi connectivity index (χ0) is 17.7. The summed E-state index contributed by atoms with van der Waals surface area (Å²) in [5.41, 5.74) is 0.810. The highest BCUT2D eigenvalue weighted by atomic mass is 16.2.